The third-order valence-corrected chi connectivity index (χ3v) is 28.8. The number of hydrogen-bond donors (Lipinski definition) is 0. The molecule has 19 aromatic carbocycles. The molecule has 7 aliphatic rings. The molecule has 0 saturated heterocycles. The van der Waals surface area contributed by atoms with Gasteiger partial charge in [-0.3, -0.25) is 0 Å². The Morgan fingerprint density at radius 3 is 0.606 bits per heavy atom. The second kappa shape index (κ2) is 29.0. The van der Waals surface area contributed by atoms with Crippen molar-refractivity contribution >= 4 is 51.2 Å². The minimum Gasteiger partial charge on any atom is -0.457 e. The highest BCUT2D eigenvalue weighted by Crippen LogP contribution is 2.74. The lowest BCUT2D eigenvalue weighted by Gasteiger charge is -2.52. The largest absolute Gasteiger partial charge is 0.457 e. The summed E-state index contributed by atoms with van der Waals surface area (Å²) in [5.74, 6) is 4.50. The maximum absolute atomic E-state index is 14.6. The van der Waals surface area contributed by atoms with Crippen LogP contribution in [0.25, 0.3) is 66.8 Å². The monoisotopic (exact) mass is 1690 g/mol. The number of hydrogen-bond acceptors (Lipinski definition) is 8. The van der Waals surface area contributed by atoms with Crippen LogP contribution in [0.5, 0.6) is 34.5 Å². The van der Waals surface area contributed by atoms with E-state index in [1.165, 1.54) is 0 Å². The van der Waals surface area contributed by atoms with E-state index >= 15 is 0 Å². The van der Waals surface area contributed by atoms with E-state index < -0.39 is 27.4 Å². The van der Waals surface area contributed by atoms with E-state index in [2.05, 4.69) is 485 Å². The third kappa shape index (κ3) is 10.9. The molecule has 8 heteroatoms. The molecule has 0 fully saturated rings. The fraction of sp³-hybridized carbons (Fsp3) is 0.0726. The zero-order chi connectivity index (χ0) is 87.9. The molecule has 0 aliphatic carbocycles. The van der Waals surface area contributed by atoms with Gasteiger partial charge < -0.3 is 33.6 Å². The van der Waals surface area contributed by atoms with Crippen molar-refractivity contribution < 1.29 is 18.9 Å². The molecular formula is C124H84N4O4. The molecule has 0 radical (unpaired) electrons. The molecule has 0 N–H and O–H groups in total. The molecular weight excluding hydrogens is 1610 g/mol. The lowest BCUT2D eigenvalue weighted by molar-refractivity contribution is -0.104. The Morgan fingerprint density at radius 2 is 0.386 bits per heavy atom. The summed E-state index contributed by atoms with van der Waals surface area (Å²) in [6.07, 6.45) is 0. The second-order valence-electron chi connectivity index (χ2n) is 36.5. The van der Waals surface area contributed by atoms with E-state index in [4.69, 9.17) is 18.9 Å². The van der Waals surface area contributed by atoms with Crippen LogP contribution < -0.4 is 28.9 Å². The molecule has 0 unspecified atom stereocenters. The number of ether oxygens (including phenoxy) is 4. The van der Waals surface area contributed by atoms with Crippen molar-refractivity contribution in [2.75, 3.05) is 14.7 Å². The first kappa shape index (κ1) is 76.6. The highest BCUT2D eigenvalue weighted by atomic mass is 16.5. The summed E-state index contributed by atoms with van der Waals surface area (Å²) in [7, 11) is 0. The van der Waals surface area contributed by atoms with Crippen molar-refractivity contribution in [2.45, 2.75) is 55.1 Å². The quantitative estimate of drug-likeness (QED) is 0.142. The van der Waals surface area contributed by atoms with Crippen LogP contribution in [0.2, 0.25) is 0 Å². The van der Waals surface area contributed by atoms with Crippen LogP contribution in [0.4, 0.5) is 51.2 Å². The van der Waals surface area contributed by atoms with Crippen LogP contribution in [-0.4, -0.2) is 0 Å². The Balaban J connectivity index is 0.887. The van der Waals surface area contributed by atoms with Crippen molar-refractivity contribution in [3.63, 3.8) is 0 Å². The van der Waals surface area contributed by atoms with Gasteiger partial charge in [-0.1, -0.05) is 328 Å². The smallest absolute Gasteiger partial charge is 0.132 e. The minimum absolute atomic E-state index is 0.407. The number of para-hydroxylation sites is 6. The van der Waals surface area contributed by atoms with Crippen LogP contribution >= 0.6 is 0 Å². The number of fused-ring (bicyclic) bond motifs is 25. The summed E-state index contributed by atoms with van der Waals surface area (Å²) in [6, 6.07) is 163. The molecule has 19 aromatic rings. The number of rotatable bonds is 9. The Hall–Kier alpha value is -16.6. The van der Waals surface area contributed by atoms with Crippen LogP contribution in [0.1, 0.15) is 111 Å². The van der Waals surface area contributed by atoms with Crippen LogP contribution in [-0.2, 0) is 32.2 Å². The minimum atomic E-state index is -1.20. The SMILES string of the molecule is CC1(C)OC(C)(C)c2c(N3c4ccc(-c5ccccc5)cc4C4(c5ccccc5Oc5ccccc54)c4cc(-c5ccccc5)ccc43)c(N3c4ccc(-c5ccccc5)cc4C4(c5ccccc5Oc5ccccc54)c4cc(-c5ccccc5)ccc43)c(C#N)c(N3c4ccc(-c5ccccc5)cc4C4(c5ccccc5Oc5ccccc54)c4cc(-c5ccccc5)ccc43)c21. The first-order valence-electron chi connectivity index (χ1n) is 45.5. The van der Waals surface area contributed by atoms with Gasteiger partial charge in [-0.25, -0.2) is 0 Å². The molecule has 132 heavy (non-hydrogen) atoms. The normalized spacial score (nSPS) is 15.2. The lowest BCUT2D eigenvalue weighted by atomic mass is 9.60. The van der Waals surface area contributed by atoms with Crippen LogP contribution in [0.3, 0.4) is 0 Å². The van der Waals surface area contributed by atoms with Gasteiger partial charge in [0.15, 0.2) is 0 Å². The van der Waals surface area contributed by atoms with Crippen molar-refractivity contribution in [2.24, 2.45) is 0 Å². The summed E-state index contributed by atoms with van der Waals surface area (Å²) in [5, 5.41) is 14.6. The summed E-state index contributed by atoms with van der Waals surface area (Å²) in [4.78, 5) is 7.59. The maximum Gasteiger partial charge on any atom is 0.132 e. The van der Waals surface area contributed by atoms with Crippen LogP contribution in [0, 0.1) is 11.3 Å². The van der Waals surface area contributed by atoms with E-state index in [0.717, 1.165) is 219 Å². The van der Waals surface area contributed by atoms with E-state index in [0.29, 0.717) is 16.9 Å². The maximum atomic E-state index is 14.6. The molecule has 3 spiro atoms. The second-order valence-corrected chi connectivity index (χ2v) is 36.5. The fourth-order valence-electron chi connectivity index (χ4n) is 23.7. The standard InChI is InChI=1S/C124H84N4O4/c1-120(2)115-116(121(3,4)132-120)119(128-107-69-63-88(82-43-19-9-20-44-82)75-101(107)124(102-76-89(64-70-108(102)128)83-45-21-10-22-46-83)95-51-27-33-57-113(95)131-114-58-34-28-52-96(114)124)118(127-105-67-61-86(80-39-15-7-16-40-80)73-99(105)123(100-74-87(62-68-106(100)127)81-41-17-8-18-42-81)93-49-25-31-55-111(93)130-112-56-32-26-50-94(112)123)90(77-125)117(115)126-103-65-59-84(78-35-11-5-12-36-78)71-97(103)122(98-72-85(60-66-104(98)126)79-37-13-6-14-38-79)91-47-23-29-53-109(91)129-110-54-30-24-48-92(110)122/h5-76H,1-4H3. The van der Waals surface area contributed by atoms with Crippen molar-refractivity contribution in [1.29, 1.82) is 5.26 Å². The molecule has 0 atom stereocenters. The summed E-state index contributed by atoms with van der Waals surface area (Å²) >= 11 is 0. The number of benzene rings is 19. The zero-order valence-electron chi connectivity index (χ0n) is 73.0. The Morgan fingerprint density at radius 1 is 0.197 bits per heavy atom. The Kier molecular flexibility index (Phi) is 16.8. The predicted octanol–water partition coefficient (Wildman–Crippen LogP) is 31.9. The van der Waals surface area contributed by atoms with Crippen LogP contribution in [0.15, 0.2) is 437 Å². The topological polar surface area (TPSA) is 70.4 Å². The highest BCUT2D eigenvalue weighted by molar-refractivity contribution is 6.09. The van der Waals surface area contributed by atoms with Gasteiger partial charge >= 0.3 is 0 Å². The molecule has 8 nitrogen and oxygen atoms in total. The van der Waals surface area contributed by atoms with Crippen molar-refractivity contribution in [3.8, 4) is 107 Å². The summed E-state index contributed by atoms with van der Waals surface area (Å²) < 4.78 is 30.2. The third-order valence-electron chi connectivity index (χ3n) is 28.8. The average Bonchev–Trinajstić information content (AvgIpc) is 1.18. The number of nitriles is 1. The first-order chi connectivity index (χ1) is 64.9. The van der Waals surface area contributed by atoms with E-state index in [-0.39, 0.29) is 0 Å². The fourth-order valence-corrected chi connectivity index (χ4v) is 23.7. The Labute approximate surface area is 767 Å². The van der Waals surface area contributed by atoms with Gasteiger partial charge in [0.1, 0.15) is 46.1 Å². The summed E-state index contributed by atoms with van der Waals surface area (Å²) in [5.41, 5.74) is 28.3. The molecule has 26 rings (SSSR count). The number of anilines is 9. The van der Waals surface area contributed by atoms with E-state index in [1.807, 2.05) is 0 Å². The van der Waals surface area contributed by atoms with Crippen molar-refractivity contribution in [1.82, 2.24) is 0 Å². The zero-order valence-corrected chi connectivity index (χ0v) is 73.0. The Bertz CT molecular complexity index is 7650. The van der Waals surface area contributed by atoms with Gasteiger partial charge in [0, 0.05) is 44.5 Å². The van der Waals surface area contributed by atoms with Gasteiger partial charge in [-0.05, 0) is 237 Å². The molecule has 7 heterocycles. The number of nitrogens with zero attached hydrogens (tertiary/aromatic N) is 4. The first-order valence-corrected chi connectivity index (χ1v) is 45.5. The molecule has 0 bridgehead atoms. The van der Waals surface area contributed by atoms with Gasteiger partial charge in [0.05, 0.1) is 78.6 Å². The molecule has 7 aliphatic heterocycles. The lowest BCUT2D eigenvalue weighted by Crippen LogP contribution is -2.42. The molecule has 624 valence electrons. The van der Waals surface area contributed by atoms with Gasteiger partial charge in [0.25, 0.3) is 0 Å². The predicted molar refractivity (Wildman–Crippen MR) is 531 cm³/mol. The van der Waals surface area contributed by atoms with Crippen molar-refractivity contribution in [3.05, 3.63) is 520 Å². The summed E-state index contributed by atoms with van der Waals surface area (Å²) in [6.45, 7) is 9.00. The van der Waals surface area contributed by atoms with Gasteiger partial charge in [0.2, 0.25) is 0 Å². The molecule has 0 saturated carbocycles. The van der Waals surface area contributed by atoms with E-state index in [1.54, 1.807) is 0 Å². The average molecular weight is 1690 g/mol. The van der Waals surface area contributed by atoms with Gasteiger partial charge in [-0.15, -0.1) is 0 Å². The van der Waals surface area contributed by atoms with E-state index in [9.17, 15) is 5.26 Å². The molecule has 0 amide bonds. The van der Waals surface area contributed by atoms with Gasteiger partial charge in [-0.2, -0.15) is 5.26 Å². The highest BCUT2D eigenvalue weighted by Gasteiger charge is 2.60. The molecule has 0 aromatic heterocycles.